The van der Waals surface area contributed by atoms with Crippen molar-refractivity contribution in [2.45, 2.75) is 6.04 Å². The lowest BCUT2D eigenvalue weighted by Gasteiger charge is -2.10. The molecule has 0 saturated heterocycles. The quantitative estimate of drug-likeness (QED) is 0.723. The Bertz CT molecular complexity index is 332. The van der Waals surface area contributed by atoms with E-state index in [9.17, 15) is 0 Å². The van der Waals surface area contributed by atoms with Crippen LogP contribution in [0.25, 0.3) is 0 Å². The maximum atomic E-state index is 8.88. The highest BCUT2D eigenvalue weighted by Gasteiger charge is 2.09. The van der Waals surface area contributed by atoms with Crippen molar-refractivity contribution in [2.24, 2.45) is 0 Å². The molecule has 0 aromatic carbocycles. The number of aromatic nitrogens is 1. The fraction of sp³-hybridized carbons (Fsp3) is 0.400. The van der Waals surface area contributed by atoms with Gasteiger partial charge in [0.05, 0.1) is 19.8 Å². The summed E-state index contributed by atoms with van der Waals surface area (Å²) in [6.45, 7) is 0.381. The monoisotopic (exact) mass is 207 g/mol. The number of ether oxygens (including phenoxy) is 1. The zero-order chi connectivity index (χ0) is 11.1. The smallest absolute Gasteiger partial charge is 0.212 e. The van der Waals surface area contributed by atoms with Gasteiger partial charge in [0.25, 0.3) is 0 Å². The molecule has 0 amide bonds. The van der Waals surface area contributed by atoms with Gasteiger partial charge in [-0.25, -0.2) is 4.98 Å². The molecule has 0 aliphatic carbocycles. The third-order valence-electron chi connectivity index (χ3n) is 1.89. The van der Waals surface area contributed by atoms with E-state index < -0.39 is 6.04 Å². The molecule has 1 atom stereocenters. The molecule has 0 aliphatic heterocycles. The second kappa shape index (κ2) is 5.96. The highest BCUT2D eigenvalue weighted by atomic mass is 16.5. The van der Waals surface area contributed by atoms with Crippen molar-refractivity contribution in [3.8, 4) is 11.9 Å². The van der Waals surface area contributed by atoms with Crippen molar-refractivity contribution in [1.82, 2.24) is 10.3 Å². The largest absolute Gasteiger partial charge is 0.481 e. The molecule has 0 aliphatic rings. The van der Waals surface area contributed by atoms with Gasteiger partial charge in [-0.3, -0.25) is 5.32 Å². The standard InChI is InChI=1S/C10H13N3O2/c1-15-10-3-2-8(7-13-10)9(6-11)12-4-5-14/h2-3,7,9,12,14H,4-5H2,1H3. The predicted octanol–water partition coefficient (Wildman–Crippen LogP) is 0.237. The van der Waals surface area contributed by atoms with E-state index in [1.54, 1.807) is 18.3 Å². The molecule has 0 bridgehead atoms. The Labute approximate surface area is 88.3 Å². The lowest BCUT2D eigenvalue weighted by atomic mass is 10.1. The fourth-order valence-electron chi connectivity index (χ4n) is 1.13. The second-order valence-corrected chi connectivity index (χ2v) is 2.87. The molecule has 5 nitrogen and oxygen atoms in total. The summed E-state index contributed by atoms with van der Waals surface area (Å²) in [5.74, 6) is 0.512. The number of rotatable bonds is 5. The summed E-state index contributed by atoms with van der Waals surface area (Å²) >= 11 is 0. The van der Waals surface area contributed by atoms with Crippen molar-refractivity contribution >= 4 is 0 Å². The molecule has 0 radical (unpaired) electrons. The molecular weight excluding hydrogens is 194 g/mol. The van der Waals surface area contributed by atoms with Crippen molar-refractivity contribution < 1.29 is 9.84 Å². The summed E-state index contributed by atoms with van der Waals surface area (Å²) in [4.78, 5) is 4.00. The van der Waals surface area contributed by atoms with Crippen LogP contribution in [0.15, 0.2) is 18.3 Å². The summed E-state index contributed by atoms with van der Waals surface area (Å²) in [7, 11) is 1.54. The topological polar surface area (TPSA) is 78.2 Å². The van der Waals surface area contributed by atoms with Crippen molar-refractivity contribution in [1.29, 1.82) is 5.26 Å². The van der Waals surface area contributed by atoms with E-state index in [4.69, 9.17) is 15.1 Å². The normalized spacial score (nSPS) is 11.8. The highest BCUT2D eigenvalue weighted by Crippen LogP contribution is 2.13. The van der Waals surface area contributed by atoms with Crippen LogP contribution in [0.5, 0.6) is 5.88 Å². The van der Waals surface area contributed by atoms with E-state index >= 15 is 0 Å². The Kier molecular flexibility index (Phi) is 4.54. The number of nitriles is 1. The first-order valence-corrected chi connectivity index (χ1v) is 4.55. The number of aliphatic hydroxyl groups is 1. The Morgan fingerprint density at radius 1 is 1.67 bits per heavy atom. The van der Waals surface area contributed by atoms with Gasteiger partial charge >= 0.3 is 0 Å². The van der Waals surface area contributed by atoms with Gasteiger partial charge in [-0.15, -0.1) is 0 Å². The van der Waals surface area contributed by atoms with Crippen LogP contribution in [-0.2, 0) is 0 Å². The van der Waals surface area contributed by atoms with Crippen LogP contribution < -0.4 is 10.1 Å². The Balaban J connectivity index is 2.70. The van der Waals surface area contributed by atoms with Gasteiger partial charge < -0.3 is 9.84 Å². The Morgan fingerprint density at radius 2 is 2.47 bits per heavy atom. The lowest BCUT2D eigenvalue weighted by molar-refractivity contribution is 0.289. The van der Waals surface area contributed by atoms with Gasteiger partial charge in [-0.2, -0.15) is 5.26 Å². The first-order chi connectivity index (χ1) is 7.31. The van der Waals surface area contributed by atoms with Crippen LogP contribution in [0.1, 0.15) is 11.6 Å². The van der Waals surface area contributed by atoms with Gasteiger partial charge in [0, 0.05) is 24.4 Å². The zero-order valence-corrected chi connectivity index (χ0v) is 8.47. The third-order valence-corrected chi connectivity index (χ3v) is 1.89. The average molecular weight is 207 g/mol. The van der Waals surface area contributed by atoms with E-state index in [1.807, 2.05) is 0 Å². The first kappa shape index (κ1) is 11.4. The van der Waals surface area contributed by atoms with E-state index in [-0.39, 0.29) is 6.61 Å². The predicted molar refractivity (Wildman–Crippen MR) is 54.2 cm³/mol. The fourth-order valence-corrected chi connectivity index (χ4v) is 1.13. The Morgan fingerprint density at radius 3 is 2.93 bits per heavy atom. The van der Waals surface area contributed by atoms with E-state index in [0.717, 1.165) is 5.56 Å². The number of pyridine rings is 1. The molecule has 0 saturated carbocycles. The first-order valence-electron chi connectivity index (χ1n) is 4.55. The van der Waals surface area contributed by atoms with Crippen molar-refractivity contribution in [3.05, 3.63) is 23.9 Å². The van der Waals surface area contributed by atoms with Crippen LogP contribution in [-0.4, -0.2) is 30.4 Å². The summed E-state index contributed by atoms with van der Waals surface area (Å²) in [5.41, 5.74) is 0.756. The minimum atomic E-state index is -0.449. The van der Waals surface area contributed by atoms with E-state index in [2.05, 4.69) is 16.4 Å². The average Bonchev–Trinajstić information content (AvgIpc) is 2.31. The van der Waals surface area contributed by atoms with Gasteiger partial charge in [0.2, 0.25) is 5.88 Å². The van der Waals surface area contributed by atoms with Crippen LogP contribution in [0.2, 0.25) is 0 Å². The molecular formula is C10H13N3O2. The summed E-state index contributed by atoms with van der Waals surface area (Å²) in [6.07, 6.45) is 1.58. The molecule has 1 heterocycles. The van der Waals surface area contributed by atoms with Gasteiger partial charge in [0.15, 0.2) is 0 Å². The molecule has 1 unspecified atom stereocenters. The SMILES string of the molecule is COc1ccc(C(C#N)NCCO)cn1. The number of nitrogens with one attached hydrogen (secondary N) is 1. The molecule has 1 aromatic heterocycles. The maximum absolute atomic E-state index is 8.88. The van der Waals surface area contributed by atoms with E-state index in [1.165, 1.54) is 7.11 Å². The molecule has 0 fully saturated rings. The summed E-state index contributed by atoms with van der Waals surface area (Å²) in [6, 6.07) is 5.10. The highest BCUT2D eigenvalue weighted by molar-refractivity contribution is 5.24. The minimum Gasteiger partial charge on any atom is -0.481 e. The van der Waals surface area contributed by atoms with Crippen molar-refractivity contribution in [3.63, 3.8) is 0 Å². The number of hydrogen-bond donors (Lipinski definition) is 2. The Hall–Kier alpha value is -1.64. The molecule has 15 heavy (non-hydrogen) atoms. The number of aliphatic hydroxyl groups excluding tert-OH is 1. The number of nitrogens with zero attached hydrogens (tertiary/aromatic N) is 2. The second-order valence-electron chi connectivity index (χ2n) is 2.87. The third kappa shape index (κ3) is 3.20. The maximum Gasteiger partial charge on any atom is 0.212 e. The van der Waals surface area contributed by atoms with E-state index in [0.29, 0.717) is 12.4 Å². The molecule has 1 aromatic rings. The summed E-state index contributed by atoms with van der Waals surface area (Å²) < 4.78 is 4.91. The lowest BCUT2D eigenvalue weighted by Crippen LogP contribution is -2.23. The number of hydrogen-bond acceptors (Lipinski definition) is 5. The van der Waals surface area contributed by atoms with Gasteiger partial charge in [-0.1, -0.05) is 0 Å². The van der Waals surface area contributed by atoms with Gasteiger partial charge in [-0.05, 0) is 6.07 Å². The van der Waals surface area contributed by atoms with Crippen LogP contribution in [0.3, 0.4) is 0 Å². The van der Waals surface area contributed by atoms with Crippen molar-refractivity contribution in [2.75, 3.05) is 20.3 Å². The molecule has 80 valence electrons. The van der Waals surface area contributed by atoms with Gasteiger partial charge in [0.1, 0.15) is 6.04 Å². The van der Waals surface area contributed by atoms with Crippen LogP contribution >= 0.6 is 0 Å². The van der Waals surface area contributed by atoms with Crippen LogP contribution in [0.4, 0.5) is 0 Å². The summed E-state index contributed by atoms with van der Waals surface area (Å²) in [5, 5.41) is 20.4. The zero-order valence-electron chi connectivity index (χ0n) is 8.47. The van der Waals surface area contributed by atoms with Crippen LogP contribution in [0, 0.1) is 11.3 Å². The molecule has 2 N–H and O–H groups in total. The molecule has 0 spiro atoms. The number of methoxy groups -OCH3 is 1. The molecule has 1 rings (SSSR count). The molecule has 5 heteroatoms. The minimum absolute atomic E-state index is 0.00175.